The van der Waals surface area contributed by atoms with E-state index in [9.17, 15) is 4.79 Å². The van der Waals surface area contributed by atoms with Gasteiger partial charge in [0.25, 0.3) is 0 Å². The largest absolute Gasteiger partial charge is 0.370 e. The van der Waals surface area contributed by atoms with Crippen molar-refractivity contribution < 1.29 is 4.79 Å². The molecule has 1 aliphatic rings. The van der Waals surface area contributed by atoms with Crippen molar-refractivity contribution in [3.8, 4) is 0 Å². The van der Waals surface area contributed by atoms with Crippen LogP contribution < -0.4 is 20.4 Å². The number of urea groups is 1. The minimum absolute atomic E-state index is 0.171. The van der Waals surface area contributed by atoms with Crippen molar-refractivity contribution in [2.75, 3.05) is 61.9 Å². The summed E-state index contributed by atoms with van der Waals surface area (Å²) in [5.41, 5.74) is 3.08. The lowest BCUT2D eigenvalue weighted by atomic mass is 10.2. The summed E-state index contributed by atoms with van der Waals surface area (Å²) >= 11 is 0. The first kappa shape index (κ1) is 20.0. The zero-order valence-electron chi connectivity index (χ0n) is 17.1. The van der Waals surface area contributed by atoms with Gasteiger partial charge in [0, 0.05) is 51.5 Å². The van der Waals surface area contributed by atoms with Crippen molar-refractivity contribution in [1.29, 1.82) is 0 Å². The molecule has 0 bridgehead atoms. The molecule has 28 heavy (non-hydrogen) atoms. The molecule has 1 heterocycles. The summed E-state index contributed by atoms with van der Waals surface area (Å²) in [6.45, 7) is 6.67. The Labute approximate surface area is 168 Å². The second kappa shape index (κ2) is 9.46. The molecule has 6 heteroatoms. The lowest BCUT2D eigenvalue weighted by molar-refractivity contribution is 0.251. The van der Waals surface area contributed by atoms with Crippen LogP contribution in [-0.2, 0) is 0 Å². The molecule has 0 aromatic heterocycles. The van der Waals surface area contributed by atoms with Gasteiger partial charge in [0.1, 0.15) is 0 Å². The number of carbonyl (C=O) groups excluding carboxylic acids is 1. The molecule has 1 fully saturated rings. The van der Waals surface area contributed by atoms with Crippen LogP contribution in [0.1, 0.15) is 6.92 Å². The molecule has 0 aliphatic carbocycles. The van der Waals surface area contributed by atoms with Gasteiger partial charge in [0.2, 0.25) is 0 Å². The van der Waals surface area contributed by atoms with E-state index in [0.29, 0.717) is 6.54 Å². The molecule has 150 valence electrons. The summed E-state index contributed by atoms with van der Waals surface area (Å²) in [4.78, 5) is 19.3. The number of nitrogens with one attached hydrogen (secondary N) is 2. The van der Waals surface area contributed by atoms with Gasteiger partial charge in [0.05, 0.1) is 11.4 Å². The smallest absolute Gasteiger partial charge is 0.319 e. The Morgan fingerprint density at radius 3 is 2.39 bits per heavy atom. The number of rotatable bonds is 6. The first-order valence-electron chi connectivity index (χ1n) is 9.90. The topological polar surface area (TPSA) is 50.9 Å². The van der Waals surface area contributed by atoms with Crippen molar-refractivity contribution >= 4 is 23.1 Å². The highest BCUT2D eigenvalue weighted by atomic mass is 16.2. The van der Waals surface area contributed by atoms with Gasteiger partial charge in [-0.25, -0.2) is 4.79 Å². The zero-order valence-corrected chi connectivity index (χ0v) is 17.1. The molecule has 6 nitrogen and oxygen atoms in total. The van der Waals surface area contributed by atoms with Crippen LogP contribution in [0, 0.1) is 0 Å². The van der Waals surface area contributed by atoms with E-state index in [1.165, 1.54) is 0 Å². The van der Waals surface area contributed by atoms with Crippen molar-refractivity contribution in [3.05, 3.63) is 54.6 Å². The van der Waals surface area contributed by atoms with Crippen LogP contribution in [0.3, 0.4) is 0 Å². The molecule has 2 aromatic carbocycles. The van der Waals surface area contributed by atoms with Crippen LogP contribution in [0.25, 0.3) is 0 Å². The summed E-state index contributed by atoms with van der Waals surface area (Å²) < 4.78 is 0. The fraction of sp³-hybridized carbons (Fsp3) is 0.409. The number of para-hydroxylation sites is 3. The number of hydrogen-bond donors (Lipinski definition) is 2. The lowest BCUT2D eigenvalue weighted by Gasteiger charge is -2.35. The molecule has 1 saturated heterocycles. The molecule has 2 N–H and O–H groups in total. The lowest BCUT2D eigenvalue weighted by Crippen LogP contribution is -2.45. The number of benzene rings is 2. The second-order valence-electron chi connectivity index (χ2n) is 7.44. The maximum atomic E-state index is 12.5. The summed E-state index contributed by atoms with van der Waals surface area (Å²) in [6, 6.07) is 18.2. The summed E-state index contributed by atoms with van der Waals surface area (Å²) in [5.74, 6) is 0. The summed E-state index contributed by atoms with van der Waals surface area (Å²) in [6.07, 6.45) is 0. The van der Waals surface area contributed by atoms with Crippen LogP contribution in [0.15, 0.2) is 54.6 Å². The maximum Gasteiger partial charge on any atom is 0.319 e. The molecule has 1 atom stereocenters. The molecular weight excluding hydrogens is 350 g/mol. The van der Waals surface area contributed by atoms with E-state index in [4.69, 9.17) is 0 Å². The fourth-order valence-electron chi connectivity index (χ4n) is 3.36. The van der Waals surface area contributed by atoms with Crippen molar-refractivity contribution in [3.63, 3.8) is 0 Å². The van der Waals surface area contributed by atoms with E-state index < -0.39 is 0 Å². The predicted molar refractivity (Wildman–Crippen MR) is 117 cm³/mol. The number of piperazine rings is 1. The Morgan fingerprint density at radius 1 is 1.04 bits per heavy atom. The Morgan fingerprint density at radius 2 is 1.68 bits per heavy atom. The fourth-order valence-corrected chi connectivity index (χ4v) is 3.36. The van der Waals surface area contributed by atoms with Gasteiger partial charge in [-0.3, -0.25) is 0 Å². The predicted octanol–water partition coefficient (Wildman–Crippen LogP) is 3.08. The number of amides is 2. The van der Waals surface area contributed by atoms with Crippen LogP contribution in [0.4, 0.5) is 21.9 Å². The van der Waals surface area contributed by atoms with E-state index in [1.54, 1.807) is 0 Å². The number of likely N-dealkylation sites (N-methyl/N-ethyl adjacent to an activating group) is 2. The second-order valence-corrected chi connectivity index (χ2v) is 7.44. The Balaban J connectivity index is 1.55. The quantitative estimate of drug-likeness (QED) is 0.807. The van der Waals surface area contributed by atoms with E-state index >= 15 is 0 Å². The standard InChI is InChI=1S/C22H31N5O/c1-18(26(3)19-9-5-4-6-10-19)17-23-22(28)24-20-11-7-8-12-21(20)27-15-13-25(2)14-16-27/h4-12,18H,13-17H2,1-3H3,(H2,23,24,28). The Kier molecular flexibility index (Phi) is 6.76. The third-order valence-electron chi connectivity index (χ3n) is 5.38. The Bertz CT molecular complexity index is 759. The van der Waals surface area contributed by atoms with Crippen LogP contribution in [0.2, 0.25) is 0 Å². The molecule has 2 amide bonds. The number of nitrogens with zero attached hydrogens (tertiary/aromatic N) is 3. The van der Waals surface area contributed by atoms with Crippen LogP contribution in [-0.4, -0.2) is 63.8 Å². The van der Waals surface area contributed by atoms with Gasteiger partial charge in [0.15, 0.2) is 0 Å². The monoisotopic (exact) mass is 381 g/mol. The van der Waals surface area contributed by atoms with Gasteiger partial charge in [-0.15, -0.1) is 0 Å². The molecule has 1 unspecified atom stereocenters. The van der Waals surface area contributed by atoms with E-state index in [-0.39, 0.29) is 12.1 Å². The molecular formula is C22H31N5O. The number of hydrogen-bond acceptors (Lipinski definition) is 4. The van der Waals surface area contributed by atoms with Gasteiger partial charge in [-0.05, 0) is 38.2 Å². The van der Waals surface area contributed by atoms with Gasteiger partial charge in [-0.1, -0.05) is 30.3 Å². The van der Waals surface area contributed by atoms with Crippen molar-refractivity contribution in [1.82, 2.24) is 10.2 Å². The summed E-state index contributed by atoms with van der Waals surface area (Å²) in [7, 11) is 4.19. The molecule has 0 saturated carbocycles. The average Bonchev–Trinajstić information content (AvgIpc) is 2.73. The molecule has 0 spiro atoms. The molecule has 2 aromatic rings. The summed E-state index contributed by atoms with van der Waals surface area (Å²) in [5, 5.41) is 6.03. The molecule has 1 aliphatic heterocycles. The van der Waals surface area contributed by atoms with Crippen molar-refractivity contribution in [2.24, 2.45) is 0 Å². The minimum Gasteiger partial charge on any atom is -0.370 e. The van der Waals surface area contributed by atoms with Crippen LogP contribution in [0.5, 0.6) is 0 Å². The van der Waals surface area contributed by atoms with Crippen LogP contribution >= 0.6 is 0 Å². The normalized spacial score (nSPS) is 15.8. The van der Waals surface area contributed by atoms with Gasteiger partial charge in [-0.2, -0.15) is 0 Å². The van der Waals surface area contributed by atoms with E-state index in [0.717, 1.165) is 43.2 Å². The van der Waals surface area contributed by atoms with E-state index in [1.807, 2.05) is 43.4 Å². The highest BCUT2D eigenvalue weighted by molar-refractivity contribution is 5.93. The molecule has 0 radical (unpaired) electrons. The maximum absolute atomic E-state index is 12.5. The highest BCUT2D eigenvalue weighted by Crippen LogP contribution is 2.26. The first-order valence-corrected chi connectivity index (χ1v) is 9.90. The zero-order chi connectivity index (χ0) is 19.9. The minimum atomic E-state index is -0.171. The van der Waals surface area contributed by atoms with Gasteiger partial charge < -0.3 is 25.3 Å². The van der Waals surface area contributed by atoms with Crippen molar-refractivity contribution in [2.45, 2.75) is 13.0 Å². The van der Waals surface area contributed by atoms with Gasteiger partial charge >= 0.3 is 6.03 Å². The number of carbonyl (C=O) groups is 1. The average molecular weight is 382 g/mol. The molecule has 3 rings (SSSR count). The number of anilines is 3. The third kappa shape index (κ3) is 5.16. The highest BCUT2D eigenvalue weighted by Gasteiger charge is 2.18. The first-order chi connectivity index (χ1) is 13.5. The Hall–Kier alpha value is -2.73. The SMILES string of the molecule is CC(CNC(=O)Nc1ccccc1N1CCN(C)CC1)N(C)c1ccccc1. The third-order valence-corrected chi connectivity index (χ3v) is 5.38. The van der Waals surface area contributed by atoms with E-state index in [2.05, 4.69) is 57.5 Å².